The summed E-state index contributed by atoms with van der Waals surface area (Å²) in [6.07, 6.45) is 3.14. The molecule has 4 heteroatoms. The van der Waals surface area contributed by atoms with E-state index >= 15 is 0 Å². The second-order valence-electron chi connectivity index (χ2n) is 5.37. The average Bonchev–Trinajstić information content (AvgIpc) is 2.33. The third kappa shape index (κ3) is 3.74. The van der Waals surface area contributed by atoms with Crippen molar-refractivity contribution >= 4 is 0 Å². The Morgan fingerprint density at radius 1 is 1.42 bits per heavy atom. The maximum absolute atomic E-state index is 13.6. The molecule has 19 heavy (non-hydrogen) atoms. The highest BCUT2D eigenvalue weighted by atomic mass is 19.1. The van der Waals surface area contributed by atoms with E-state index in [4.69, 9.17) is 4.74 Å². The van der Waals surface area contributed by atoms with Crippen molar-refractivity contribution in [1.82, 2.24) is 0 Å². The first-order chi connectivity index (χ1) is 9.02. The van der Waals surface area contributed by atoms with Gasteiger partial charge in [-0.05, 0) is 24.5 Å². The zero-order valence-corrected chi connectivity index (χ0v) is 11.2. The Kier molecular flexibility index (Phi) is 4.53. The van der Waals surface area contributed by atoms with E-state index in [0.29, 0.717) is 25.0 Å². The fourth-order valence-corrected chi connectivity index (χ4v) is 2.69. The lowest BCUT2D eigenvalue weighted by Crippen LogP contribution is -2.42. The molecule has 2 atom stereocenters. The van der Waals surface area contributed by atoms with Gasteiger partial charge in [0.25, 0.3) is 0 Å². The normalized spacial score (nSPS) is 27.5. The Labute approximate surface area is 112 Å². The smallest absolute Gasteiger partial charge is 0.129 e. The predicted octanol–water partition coefficient (Wildman–Crippen LogP) is 3.22. The van der Waals surface area contributed by atoms with E-state index in [1.54, 1.807) is 0 Å². The van der Waals surface area contributed by atoms with E-state index in [1.807, 2.05) is 0 Å². The first-order valence-electron chi connectivity index (χ1n) is 6.80. The summed E-state index contributed by atoms with van der Waals surface area (Å²) in [5.74, 6) is -1.18. The van der Waals surface area contributed by atoms with Crippen LogP contribution >= 0.6 is 0 Å². The molecule has 1 fully saturated rings. The Hall–Kier alpha value is -1.00. The minimum atomic E-state index is -0.948. The molecule has 1 N–H and O–H groups in total. The molecule has 2 unspecified atom stereocenters. The van der Waals surface area contributed by atoms with Gasteiger partial charge in [-0.3, -0.25) is 0 Å². The molecule has 1 aromatic rings. The Balaban J connectivity index is 2.07. The van der Waals surface area contributed by atoms with Crippen LogP contribution in [0.2, 0.25) is 0 Å². The molecule has 2 rings (SSSR count). The average molecular weight is 270 g/mol. The molecule has 0 bridgehead atoms. The van der Waals surface area contributed by atoms with Crippen molar-refractivity contribution in [2.75, 3.05) is 6.61 Å². The largest absolute Gasteiger partial charge is 0.389 e. The molecule has 0 spiro atoms. The molecule has 0 saturated carbocycles. The van der Waals surface area contributed by atoms with Gasteiger partial charge in [0, 0.05) is 25.5 Å². The van der Waals surface area contributed by atoms with Gasteiger partial charge in [0.05, 0.1) is 11.7 Å². The lowest BCUT2D eigenvalue weighted by atomic mass is 9.83. The summed E-state index contributed by atoms with van der Waals surface area (Å²) in [5, 5.41) is 10.6. The van der Waals surface area contributed by atoms with Gasteiger partial charge in [-0.1, -0.05) is 19.4 Å². The van der Waals surface area contributed by atoms with E-state index in [-0.39, 0.29) is 12.5 Å². The molecule has 0 aliphatic carbocycles. The number of hydrogen-bond donors (Lipinski definition) is 1. The molecule has 0 radical (unpaired) electrons. The lowest BCUT2D eigenvalue weighted by molar-refractivity contribution is -0.105. The molecular formula is C15H20F2O2. The molecule has 1 aliphatic heterocycles. The first kappa shape index (κ1) is 14.4. The molecule has 1 saturated heterocycles. The van der Waals surface area contributed by atoms with Gasteiger partial charge in [-0.25, -0.2) is 8.78 Å². The number of ether oxygens (including phenoxy) is 1. The number of benzene rings is 1. The highest BCUT2D eigenvalue weighted by molar-refractivity contribution is 5.20. The summed E-state index contributed by atoms with van der Waals surface area (Å²) in [4.78, 5) is 0. The second kappa shape index (κ2) is 5.97. The Bertz CT molecular complexity index is 434. The SMILES string of the molecule is CCCC1CC(O)(Cc2ccc(F)cc2F)CCO1. The van der Waals surface area contributed by atoms with Crippen LogP contribution in [-0.4, -0.2) is 23.4 Å². The van der Waals surface area contributed by atoms with E-state index in [2.05, 4.69) is 6.92 Å². The zero-order chi connectivity index (χ0) is 13.9. The topological polar surface area (TPSA) is 29.5 Å². The summed E-state index contributed by atoms with van der Waals surface area (Å²) < 4.78 is 32.1. The van der Waals surface area contributed by atoms with Crippen molar-refractivity contribution in [2.24, 2.45) is 0 Å². The van der Waals surface area contributed by atoms with Gasteiger partial charge in [0.15, 0.2) is 0 Å². The fraction of sp³-hybridized carbons (Fsp3) is 0.600. The minimum absolute atomic E-state index is 0.0345. The molecule has 1 aliphatic rings. The maximum atomic E-state index is 13.6. The Morgan fingerprint density at radius 2 is 2.21 bits per heavy atom. The number of rotatable bonds is 4. The standard InChI is InChI=1S/C15H20F2O2/c1-2-3-13-10-15(18,6-7-19-13)9-11-4-5-12(16)8-14(11)17/h4-5,8,13,18H,2-3,6-7,9-10H2,1H3. The van der Waals surface area contributed by atoms with E-state index in [9.17, 15) is 13.9 Å². The summed E-state index contributed by atoms with van der Waals surface area (Å²) in [6.45, 7) is 2.56. The molecule has 106 valence electrons. The van der Waals surface area contributed by atoms with E-state index in [0.717, 1.165) is 18.9 Å². The van der Waals surface area contributed by atoms with Crippen LogP contribution in [0, 0.1) is 11.6 Å². The first-order valence-corrected chi connectivity index (χ1v) is 6.80. The van der Waals surface area contributed by atoms with Crippen LogP contribution < -0.4 is 0 Å². The van der Waals surface area contributed by atoms with Gasteiger partial charge in [0.2, 0.25) is 0 Å². The molecule has 0 amide bonds. The lowest BCUT2D eigenvalue weighted by Gasteiger charge is -2.37. The van der Waals surface area contributed by atoms with Gasteiger partial charge in [-0.2, -0.15) is 0 Å². The molecule has 1 aromatic carbocycles. The molecular weight excluding hydrogens is 250 g/mol. The summed E-state index contributed by atoms with van der Waals surface area (Å²) in [7, 11) is 0. The second-order valence-corrected chi connectivity index (χ2v) is 5.37. The highest BCUT2D eigenvalue weighted by Gasteiger charge is 2.35. The van der Waals surface area contributed by atoms with Crippen molar-refractivity contribution in [2.45, 2.75) is 50.7 Å². The van der Waals surface area contributed by atoms with Crippen molar-refractivity contribution in [3.05, 3.63) is 35.4 Å². The summed E-state index contributed by atoms with van der Waals surface area (Å²) in [6, 6.07) is 3.50. The third-order valence-electron chi connectivity index (χ3n) is 3.67. The predicted molar refractivity (Wildman–Crippen MR) is 68.9 cm³/mol. The minimum Gasteiger partial charge on any atom is -0.389 e. The number of halogens is 2. The van der Waals surface area contributed by atoms with Crippen LogP contribution in [-0.2, 0) is 11.2 Å². The summed E-state index contributed by atoms with van der Waals surface area (Å²) >= 11 is 0. The fourth-order valence-electron chi connectivity index (χ4n) is 2.69. The van der Waals surface area contributed by atoms with Crippen LogP contribution in [0.15, 0.2) is 18.2 Å². The highest BCUT2D eigenvalue weighted by Crippen LogP contribution is 2.31. The summed E-state index contributed by atoms with van der Waals surface area (Å²) in [5.41, 5.74) is -0.586. The quantitative estimate of drug-likeness (QED) is 0.910. The van der Waals surface area contributed by atoms with Crippen LogP contribution in [0.1, 0.15) is 38.2 Å². The van der Waals surface area contributed by atoms with Crippen molar-refractivity contribution in [1.29, 1.82) is 0 Å². The number of hydrogen-bond acceptors (Lipinski definition) is 2. The zero-order valence-electron chi connectivity index (χ0n) is 11.2. The van der Waals surface area contributed by atoms with E-state index in [1.165, 1.54) is 12.1 Å². The van der Waals surface area contributed by atoms with Crippen LogP contribution in [0.5, 0.6) is 0 Å². The van der Waals surface area contributed by atoms with Gasteiger partial charge >= 0.3 is 0 Å². The molecule has 2 nitrogen and oxygen atoms in total. The van der Waals surface area contributed by atoms with Crippen molar-refractivity contribution < 1.29 is 18.6 Å². The van der Waals surface area contributed by atoms with Crippen molar-refractivity contribution in [3.63, 3.8) is 0 Å². The van der Waals surface area contributed by atoms with Crippen LogP contribution in [0.4, 0.5) is 8.78 Å². The molecule has 1 heterocycles. The number of aliphatic hydroxyl groups is 1. The maximum Gasteiger partial charge on any atom is 0.129 e. The monoisotopic (exact) mass is 270 g/mol. The van der Waals surface area contributed by atoms with Crippen LogP contribution in [0.25, 0.3) is 0 Å². The van der Waals surface area contributed by atoms with Gasteiger partial charge in [0.1, 0.15) is 11.6 Å². The van der Waals surface area contributed by atoms with E-state index < -0.39 is 17.2 Å². The third-order valence-corrected chi connectivity index (χ3v) is 3.67. The van der Waals surface area contributed by atoms with Gasteiger partial charge < -0.3 is 9.84 Å². The Morgan fingerprint density at radius 3 is 2.89 bits per heavy atom. The van der Waals surface area contributed by atoms with Gasteiger partial charge in [-0.15, -0.1) is 0 Å². The van der Waals surface area contributed by atoms with Crippen molar-refractivity contribution in [3.8, 4) is 0 Å². The van der Waals surface area contributed by atoms with Crippen LogP contribution in [0.3, 0.4) is 0 Å². The molecule has 0 aromatic heterocycles.